The Kier molecular flexibility index (Phi) is 7.93. The molecule has 0 aliphatic carbocycles. The van der Waals surface area contributed by atoms with E-state index in [1.807, 2.05) is 0 Å². The molecule has 186 valence electrons. The fourth-order valence-corrected chi connectivity index (χ4v) is 5.34. The third kappa shape index (κ3) is 5.94. The minimum Gasteiger partial charge on any atom is -0.483 e. The number of urea groups is 1. The highest BCUT2D eigenvalue weighted by Gasteiger charge is 2.21. The van der Waals surface area contributed by atoms with Crippen molar-refractivity contribution >= 4 is 61.8 Å². The van der Waals surface area contributed by atoms with Gasteiger partial charge in [-0.1, -0.05) is 34.5 Å². The van der Waals surface area contributed by atoms with E-state index in [9.17, 15) is 18.4 Å². The van der Waals surface area contributed by atoms with Crippen LogP contribution in [0.5, 0.6) is 5.75 Å². The molecule has 7 nitrogen and oxygen atoms in total. The number of thiazole rings is 1. The molecule has 12 heteroatoms. The van der Waals surface area contributed by atoms with Gasteiger partial charge in [0.25, 0.3) is 0 Å². The molecule has 1 saturated heterocycles. The molecule has 1 aromatic heterocycles. The van der Waals surface area contributed by atoms with Crippen LogP contribution in [-0.4, -0.2) is 41.5 Å². The molecule has 0 spiro atoms. The number of halogens is 4. The third-order valence-corrected chi connectivity index (χ3v) is 7.16. The first kappa shape index (κ1) is 25.4. The largest absolute Gasteiger partial charge is 0.483 e. The summed E-state index contributed by atoms with van der Waals surface area (Å²) in [6.07, 6.45) is 1.28. The summed E-state index contributed by atoms with van der Waals surface area (Å²) in [5, 5.41) is 5.65. The van der Waals surface area contributed by atoms with Gasteiger partial charge >= 0.3 is 6.03 Å². The highest BCUT2D eigenvalue weighted by atomic mass is 35.5. The van der Waals surface area contributed by atoms with Gasteiger partial charge in [-0.2, -0.15) is 0 Å². The second kappa shape index (κ2) is 10.9. The molecule has 0 saturated carbocycles. The molecule has 2 heterocycles. The SMILES string of the molecule is CC(Oc1cc2sc(NC(=O)NCCCN3CCCC3=O)nc2cc1F)c1c(Cl)ccc(F)c1Cl. The van der Waals surface area contributed by atoms with Crippen molar-refractivity contribution in [3.8, 4) is 5.75 Å². The number of aromatic nitrogens is 1. The van der Waals surface area contributed by atoms with Crippen molar-refractivity contribution in [2.75, 3.05) is 25.0 Å². The fraction of sp³-hybridized carbons (Fsp3) is 0.348. The number of carbonyl (C=O) groups is 2. The Balaban J connectivity index is 1.38. The molecule has 1 unspecified atom stereocenters. The summed E-state index contributed by atoms with van der Waals surface area (Å²) in [7, 11) is 0. The van der Waals surface area contributed by atoms with Crippen LogP contribution in [0.15, 0.2) is 24.3 Å². The summed E-state index contributed by atoms with van der Waals surface area (Å²) in [5.41, 5.74) is 0.558. The summed E-state index contributed by atoms with van der Waals surface area (Å²) in [6.45, 7) is 3.35. The molecule has 1 aliphatic heterocycles. The molecule has 1 aliphatic rings. The first-order valence-corrected chi connectivity index (χ1v) is 12.5. The van der Waals surface area contributed by atoms with Crippen molar-refractivity contribution in [1.82, 2.24) is 15.2 Å². The Morgan fingerprint density at radius 1 is 1.29 bits per heavy atom. The molecule has 3 amide bonds. The van der Waals surface area contributed by atoms with Crippen molar-refractivity contribution in [3.05, 3.63) is 51.5 Å². The minimum atomic E-state index is -0.829. The molecule has 1 atom stereocenters. The van der Waals surface area contributed by atoms with E-state index in [1.165, 1.54) is 18.2 Å². The topological polar surface area (TPSA) is 83.6 Å². The lowest BCUT2D eigenvalue weighted by molar-refractivity contribution is -0.127. The van der Waals surface area contributed by atoms with Crippen LogP contribution in [0, 0.1) is 11.6 Å². The number of carbonyl (C=O) groups excluding carboxylic acids is 2. The third-order valence-electron chi connectivity index (χ3n) is 5.51. The van der Waals surface area contributed by atoms with Crippen LogP contribution in [0.1, 0.15) is 37.9 Å². The normalized spacial score (nSPS) is 14.4. The Morgan fingerprint density at radius 2 is 2.09 bits per heavy atom. The van der Waals surface area contributed by atoms with E-state index < -0.39 is 23.8 Å². The van der Waals surface area contributed by atoms with Gasteiger partial charge in [-0.3, -0.25) is 10.1 Å². The van der Waals surface area contributed by atoms with Crippen LogP contribution in [0.4, 0.5) is 18.7 Å². The van der Waals surface area contributed by atoms with Gasteiger partial charge < -0.3 is 15.0 Å². The van der Waals surface area contributed by atoms with Crippen molar-refractivity contribution in [2.45, 2.75) is 32.3 Å². The molecule has 2 aromatic carbocycles. The van der Waals surface area contributed by atoms with E-state index in [2.05, 4.69) is 15.6 Å². The average molecular weight is 543 g/mol. The maximum Gasteiger partial charge on any atom is 0.321 e. The predicted octanol–water partition coefficient (Wildman–Crippen LogP) is 6.16. The first-order chi connectivity index (χ1) is 16.7. The Bertz CT molecular complexity index is 1270. The Hall–Kier alpha value is -2.69. The second-order valence-corrected chi connectivity index (χ2v) is 9.82. The highest BCUT2D eigenvalue weighted by Crippen LogP contribution is 2.37. The van der Waals surface area contributed by atoms with E-state index in [1.54, 1.807) is 11.8 Å². The number of amides is 3. The number of nitrogens with zero attached hydrogens (tertiary/aromatic N) is 2. The molecule has 35 heavy (non-hydrogen) atoms. The van der Waals surface area contributed by atoms with E-state index in [4.69, 9.17) is 27.9 Å². The zero-order valence-corrected chi connectivity index (χ0v) is 21.0. The van der Waals surface area contributed by atoms with E-state index in [-0.39, 0.29) is 32.4 Å². The monoisotopic (exact) mass is 542 g/mol. The number of benzene rings is 2. The Morgan fingerprint density at radius 3 is 2.83 bits per heavy atom. The van der Waals surface area contributed by atoms with Crippen molar-refractivity contribution < 1.29 is 23.1 Å². The van der Waals surface area contributed by atoms with E-state index >= 15 is 0 Å². The number of rotatable bonds is 8. The number of nitrogens with one attached hydrogen (secondary N) is 2. The van der Waals surface area contributed by atoms with Crippen LogP contribution >= 0.6 is 34.5 Å². The van der Waals surface area contributed by atoms with E-state index in [0.29, 0.717) is 36.1 Å². The summed E-state index contributed by atoms with van der Waals surface area (Å²) >= 11 is 13.3. The number of hydrogen-bond donors (Lipinski definition) is 2. The minimum absolute atomic E-state index is 0.0856. The lowest BCUT2D eigenvalue weighted by atomic mass is 10.1. The molecule has 0 radical (unpaired) electrons. The molecular weight excluding hydrogens is 521 g/mol. The molecule has 4 rings (SSSR count). The summed E-state index contributed by atoms with van der Waals surface area (Å²) in [5.74, 6) is -1.27. The molecule has 2 N–H and O–H groups in total. The summed E-state index contributed by atoms with van der Waals surface area (Å²) in [6, 6.07) is 4.70. The molecule has 3 aromatic rings. The Labute approximate surface area is 214 Å². The number of anilines is 1. The number of ether oxygens (including phenoxy) is 1. The van der Waals surface area contributed by atoms with Gasteiger partial charge in [0, 0.05) is 48.8 Å². The maximum absolute atomic E-state index is 14.7. The lowest BCUT2D eigenvalue weighted by Gasteiger charge is -2.18. The predicted molar refractivity (Wildman–Crippen MR) is 132 cm³/mol. The lowest BCUT2D eigenvalue weighted by Crippen LogP contribution is -2.32. The first-order valence-electron chi connectivity index (χ1n) is 11.0. The van der Waals surface area contributed by atoms with Crippen LogP contribution in [0.3, 0.4) is 0 Å². The van der Waals surface area contributed by atoms with Crippen molar-refractivity contribution in [3.63, 3.8) is 0 Å². The molecular formula is C23H22Cl2F2N4O3S. The van der Waals surface area contributed by atoms with Crippen LogP contribution < -0.4 is 15.4 Å². The standard InChI is InChI=1S/C23H22Cl2F2N4O3S/c1-12(20-13(24)5-6-14(26)21(20)25)34-17-11-18-16(10-15(17)27)29-23(35-18)30-22(33)28-7-3-9-31-8-2-4-19(31)32/h5-6,10-12H,2-4,7-9H2,1H3,(H2,28,29,30,33). The highest BCUT2D eigenvalue weighted by molar-refractivity contribution is 7.22. The van der Waals surface area contributed by atoms with Gasteiger partial charge in [0.05, 0.1) is 15.2 Å². The molecule has 1 fully saturated rings. The molecule has 0 bridgehead atoms. The zero-order valence-electron chi connectivity index (χ0n) is 18.7. The van der Waals surface area contributed by atoms with Gasteiger partial charge in [0.2, 0.25) is 5.91 Å². The average Bonchev–Trinajstić information content (AvgIpc) is 3.39. The zero-order chi connectivity index (χ0) is 25.1. The fourth-order valence-electron chi connectivity index (χ4n) is 3.79. The number of fused-ring (bicyclic) bond motifs is 1. The van der Waals surface area contributed by atoms with Crippen LogP contribution in [-0.2, 0) is 4.79 Å². The second-order valence-electron chi connectivity index (χ2n) is 8.01. The van der Waals surface area contributed by atoms with E-state index in [0.717, 1.165) is 30.4 Å². The summed E-state index contributed by atoms with van der Waals surface area (Å²) < 4.78 is 34.8. The van der Waals surface area contributed by atoms with Crippen molar-refractivity contribution in [2.24, 2.45) is 0 Å². The van der Waals surface area contributed by atoms with Crippen LogP contribution in [0.25, 0.3) is 10.2 Å². The van der Waals surface area contributed by atoms with Gasteiger partial charge in [-0.05, 0) is 31.9 Å². The van der Waals surface area contributed by atoms with Crippen LogP contribution in [0.2, 0.25) is 10.0 Å². The van der Waals surface area contributed by atoms with Gasteiger partial charge in [-0.15, -0.1) is 0 Å². The van der Waals surface area contributed by atoms with Gasteiger partial charge in [0.1, 0.15) is 11.9 Å². The summed E-state index contributed by atoms with van der Waals surface area (Å²) in [4.78, 5) is 29.8. The quantitative estimate of drug-likeness (QED) is 0.264. The smallest absolute Gasteiger partial charge is 0.321 e. The maximum atomic E-state index is 14.7. The van der Waals surface area contributed by atoms with Gasteiger partial charge in [-0.25, -0.2) is 18.6 Å². The number of hydrogen-bond acceptors (Lipinski definition) is 5. The van der Waals surface area contributed by atoms with Gasteiger partial charge in [0.15, 0.2) is 16.7 Å². The van der Waals surface area contributed by atoms with Crippen molar-refractivity contribution in [1.29, 1.82) is 0 Å². The number of likely N-dealkylation sites (tertiary alicyclic amines) is 1.